The summed E-state index contributed by atoms with van der Waals surface area (Å²) in [5.74, 6) is 1.94. The molecule has 0 saturated carbocycles. The molecule has 1 rings (SSSR count). The summed E-state index contributed by atoms with van der Waals surface area (Å²) in [7, 11) is 0. The highest BCUT2D eigenvalue weighted by Crippen LogP contribution is 2.15. The Kier molecular flexibility index (Phi) is 3.09. The topological polar surface area (TPSA) is 30.2 Å². The van der Waals surface area contributed by atoms with Gasteiger partial charge in [0, 0.05) is 6.42 Å². The number of carbonyl (C=O) groups is 1. The maximum Gasteiger partial charge on any atom is 0.120 e. The predicted molar refractivity (Wildman–Crippen MR) is 47.2 cm³/mol. The van der Waals surface area contributed by atoms with Crippen LogP contribution < -0.4 is 0 Å². The van der Waals surface area contributed by atoms with Gasteiger partial charge in [0.1, 0.15) is 17.8 Å². The van der Waals surface area contributed by atoms with E-state index in [2.05, 4.69) is 0 Å². The minimum Gasteiger partial charge on any atom is -0.466 e. The number of furan rings is 1. The van der Waals surface area contributed by atoms with E-state index in [-0.39, 0.29) is 0 Å². The molecule has 0 fully saturated rings. The van der Waals surface area contributed by atoms with Gasteiger partial charge in [-0.1, -0.05) is 0 Å². The van der Waals surface area contributed by atoms with Crippen molar-refractivity contribution in [2.45, 2.75) is 33.1 Å². The van der Waals surface area contributed by atoms with Gasteiger partial charge in [0.15, 0.2) is 0 Å². The number of hydrogen-bond acceptors (Lipinski definition) is 2. The van der Waals surface area contributed by atoms with E-state index >= 15 is 0 Å². The van der Waals surface area contributed by atoms with Crippen LogP contribution in [-0.4, -0.2) is 6.29 Å². The fourth-order valence-electron chi connectivity index (χ4n) is 1.31. The van der Waals surface area contributed by atoms with Crippen LogP contribution in [0.4, 0.5) is 0 Å². The molecule has 0 N–H and O–H groups in total. The minimum atomic E-state index is 0.643. The van der Waals surface area contributed by atoms with E-state index in [1.54, 1.807) is 0 Å². The zero-order valence-corrected chi connectivity index (χ0v) is 7.59. The second-order valence-corrected chi connectivity index (χ2v) is 3.00. The highest BCUT2D eigenvalue weighted by atomic mass is 16.3. The zero-order valence-electron chi connectivity index (χ0n) is 7.59. The summed E-state index contributed by atoms with van der Waals surface area (Å²) in [6.07, 6.45) is 3.47. The van der Waals surface area contributed by atoms with Gasteiger partial charge in [-0.3, -0.25) is 0 Å². The number of rotatable bonds is 4. The summed E-state index contributed by atoms with van der Waals surface area (Å²) >= 11 is 0. The Morgan fingerprint density at radius 2 is 2.25 bits per heavy atom. The molecule has 0 aliphatic carbocycles. The van der Waals surface area contributed by atoms with Crippen LogP contribution in [0.5, 0.6) is 0 Å². The molecule has 1 aromatic rings. The van der Waals surface area contributed by atoms with Crippen molar-refractivity contribution in [2.75, 3.05) is 0 Å². The lowest BCUT2D eigenvalue weighted by molar-refractivity contribution is -0.107. The maximum absolute atomic E-state index is 10.1. The van der Waals surface area contributed by atoms with Crippen molar-refractivity contribution in [3.63, 3.8) is 0 Å². The number of aldehydes is 1. The summed E-state index contributed by atoms with van der Waals surface area (Å²) < 4.78 is 5.36. The van der Waals surface area contributed by atoms with Crippen molar-refractivity contribution in [2.24, 2.45) is 0 Å². The highest BCUT2D eigenvalue weighted by Gasteiger charge is 2.02. The molecule has 0 amide bonds. The van der Waals surface area contributed by atoms with Crippen molar-refractivity contribution in [1.29, 1.82) is 0 Å². The van der Waals surface area contributed by atoms with Crippen molar-refractivity contribution in [3.05, 3.63) is 23.2 Å². The Bertz CT molecular complexity index is 261. The van der Waals surface area contributed by atoms with Crippen LogP contribution in [0.15, 0.2) is 10.5 Å². The monoisotopic (exact) mass is 166 g/mol. The summed E-state index contributed by atoms with van der Waals surface area (Å²) in [6, 6.07) is 2.04. The van der Waals surface area contributed by atoms with E-state index in [9.17, 15) is 4.79 Å². The standard InChI is InChI=1S/C10H14O2/c1-8-7-10(9(2)12-8)5-3-4-6-11/h6-7H,3-5H2,1-2H3. The molecule has 66 valence electrons. The molecule has 0 aromatic carbocycles. The molecule has 0 spiro atoms. The molecule has 2 heteroatoms. The van der Waals surface area contributed by atoms with Crippen molar-refractivity contribution >= 4 is 6.29 Å². The summed E-state index contributed by atoms with van der Waals surface area (Å²) in [6.45, 7) is 3.90. The Hall–Kier alpha value is -1.05. The smallest absolute Gasteiger partial charge is 0.120 e. The molecule has 1 aromatic heterocycles. The van der Waals surface area contributed by atoms with Crippen LogP contribution in [-0.2, 0) is 11.2 Å². The van der Waals surface area contributed by atoms with Gasteiger partial charge in [-0.05, 0) is 38.3 Å². The van der Waals surface area contributed by atoms with E-state index in [1.807, 2.05) is 19.9 Å². The quantitative estimate of drug-likeness (QED) is 0.508. The van der Waals surface area contributed by atoms with E-state index in [1.165, 1.54) is 5.56 Å². The predicted octanol–water partition coefficient (Wildman–Crippen LogP) is 2.42. The molecule has 12 heavy (non-hydrogen) atoms. The van der Waals surface area contributed by atoms with Gasteiger partial charge in [0.25, 0.3) is 0 Å². The number of unbranched alkanes of at least 4 members (excludes halogenated alkanes) is 1. The van der Waals surface area contributed by atoms with Gasteiger partial charge in [0.05, 0.1) is 0 Å². The molecule has 0 atom stereocenters. The second-order valence-electron chi connectivity index (χ2n) is 3.00. The molecule has 0 unspecified atom stereocenters. The lowest BCUT2D eigenvalue weighted by Crippen LogP contribution is -1.85. The van der Waals surface area contributed by atoms with Crippen LogP contribution in [0, 0.1) is 13.8 Å². The molecule has 0 aliphatic heterocycles. The number of hydrogen-bond donors (Lipinski definition) is 0. The normalized spacial score (nSPS) is 10.2. The third kappa shape index (κ3) is 2.22. The fourth-order valence-corrected chi connectivity index (χ4v) is 1.31. The third-order valence-corrected chi connectivity index (χ3v) is 1.91. The van der Waals surface area contributed by atoms with Crippen molar-refractivity contribution in [1.82, 2.24) is 0 Å². The Balaban J connectivity index is 2.50. The van der Waals surface area contributed by atoms with Gasteiger partial charge < -0.3 is 9.21 Å². The number of carbonyl (C=O) groups excluding carboxylic acids is 1. The molecule has 0 radical (unpaired) electrons. The van der Waals surface area contributed by atoms with Gasteiger partial charge in [0.2, 0.25) is 0 Å². The van der Waals surface area contributed by atoms with E-state index in [0.29, 0.717) is 6.42 Å². The van der Waals surface area contributed by atoms with Gasteiger partial charge in [-0.25, -0.2) is 0 Å². The molecule has 2 nitrogen and oxygen atoms in total. The molecule has 0 aliphatic rings. The Morgan fingerprint density at radius 1 is 1.50 bits per heavy atom. The minimum absolute atomic E-state index is 0.643. The zero-order chi connectivity index (χ0) is 8.97. The average Bonchev–Trinajstić information content (AvgIpc) is 2.31. The van der Waals surface area contributed by atoms with Crippen molar-refractivity contribution < 1.29 is 9.21 Å². The SMILES string of the molecule is Cc1cc(CCCC=O)c(C)o1. The summed E-state index contributed by atoms with van der Waals surface area (Å²) in [5.41, 5.74) is 1.23. The highest BCUT2D eigenvalue weighted by molar-refractivity contribution is 5.49. The first-order valence-corrected chi connectivity index (χ1v) is 4.23. The molecule has 0 saturated heterocycles. The lowest BCUT2D eigenvalue weighted by atomic mass is 10.1. The van der Waals surface area contributed by atoms with Gasteiger partial charge >= 0.3 is 0 Å². The van der Waals surface area contributed by atoms with Crippen LogP contribution in [0.2, 0.25) is 0 Å². The van der Waals surface area contributed by atoms with Crippen LogP contribution in [0.3, 0.4) is 0 Å². The van der Waals surface area contributed by atoms with Crippen molar-refractivity contribution in [3.8, 4) is 0 Å². The Labute approximate surface area is 72.6 Å². The Morgan fingerprint density at radius 3 is 2.75 bits per heavy atom. The van der Waals surface area contributed by atoms with Gasteiger partial charge in [-0.15, -0.1) is 0 Å². The van der Waals surface area contributed by atoms with Crippen LogP contribution >= 0.6 is 0 Å². The largest absolute Gasteiger partial charge is 0.466 e. The fraction of sp³-hybridized carbons (Fsp3) is 0.500. The van der Waals surface area contributed by atoms with E-state index in [4.69, 9.17) is 4.42 Å². The van der Waals surface area contributed by atoms with Gasteiger partial charge in [-0.2, -0.15) is 0 Å². The molecular weight excluding hydrogens is 152 g/mol. The first-order valence-electron chi connectivity index (χ1n) is 4.23. The summed E-state index contributed by atoms with van der Waals surface area (Å²) in [4.78, 5) is 10.1. The lowest BCUT2D eigenvalue weighted by Gasteiger charge is -1.93. The summed E-state index contributed by atoms with van der Waals surface area (Å²) in [5, 5.41) is 0. The van der Waals surface area contributed by atoms with E-state index < -0.39 is 0 Å². The van der Waals surface area contributed by atoms with Crippen LogP contribution in [0.25, 0.3) is 0 Å². The average molecular weight is 166 g/mol. The van der Waals surface area contributed by atoms with Crippen LogP contribution in [0.1, 0.15) is 29.9 Å². The first-order chi connectivity index (χ1) is 5.74. The second kappa shape index (κ2) is 4.10. The van der Waals surface area contributed by atoms with E-state index in [0.717, 1.165) is 30.6 Å². The molecule has 1 heterocycles. The number of aryl methyl sites for hydroxylation is 3. The maximum atomic E-state index is 10.1. The molecular formula is C10H14O2. The first kappa shape index (κ1) is 9.04. The molecule has 0 bridgehead atoms. The third-order valence-electron chi connectivity index (χ3n) is 1.91.